The summed E-state index contributed by atoms with van der Waals surface area (Å²) in [6, 6.07) is 0. The molecule has 1 fully saturated rings. The van der Waals surface area contributed by atoms with Crippen LogP contribution >= 0.6 is 0 Å². The second-order valence-electron chi connectivity index (χ2n) is 5.20. The SMILES string of the molecule is CCNCCCCS(=O)(=O)NC1(C)CCCOC1. The van der Waals surface area contributed by atoms with Crippen molar-refractivity contribution in [3.63, 3.8) is 0 Å². The molecule has 2 N–H and O–H groups in total. The first kappa shape index (κ1) is 15.9. The van der Waals surface area contributed by atoms with E-state index in [1.165, 1.54) is 0 Å². The van der Waals surface area contributed by atoms with Gasteiger partial charge in [0.25, 0.3) is 0 Å². The molecule has 6 heteroatoms. The van der Waals surface area contributed by atoms with Crippen LogP contribution in [0.5, 0.6) is 0 Å². The lowest BCUT2D eigenvalue weighted by Crippen LogP contribution is -2.52. The third-order valence-corrected chi connectivity index (χ3v) is 4.74. The summed E-state index contributed by atoms with van der Waals surface area (Å²) in [4.78, 5) is 0. The normalized spacial score (nSPS) is 25.2. The Morgan fingerprint density at radius 1 is 1.33 bits per heavy atom. The minimum atomic E-state index is -3.18. The van der Waals surface area contributed by atoms with E-state index in [0.29, 0.717) is 13.0 Å². The summed E-state index contributed by atoms with van der Waals surface area (Å²) in [7, 11) is -3.18. The minimum absolute atomic E-state index is 0.202. The summed E-state index contributed by atoms with van der Waals surface area (Å²) in [6.07, 6.45) is 3.35. The van der Waals surface area contributed by atoms with E-state index in [1.54, 1.807) is 0 Å². The molecule has 1 heterocycles. The summed E-state index contributed by atoms with van der Waals surface area (Å²) < 4.78 is 32.0. The van der Waals surface area contributed by atoms with Crippen LogP contribution in [0, 0.1) is 0 Å². The van der Waals surface area contributed by atoms with E-state index < -0.39 is 15.6 Å². The van der Waals surface area contributed by atoms with Gasteiger partial charge in [-0.25, -0.2) is 13.1 Å². The molecule has 1 aliphatic heterocycles. The van der Waals surface area contributed by atoms with Gasteiger partial charge < -0.3 is 10.1 Å². The fraction of sp³-hybridized carbons (Fsp3) is 1.00. The second-order valence-corrected chi connectivity index (χ2v) is 7.04. The first-order valence-electron chi connectivity index (χ1n) is 6.77. The van der Waals surface area contributed by atoms with Crippen molar-refractivity contribution in [2.45, 2.75) is 45.1 Å². The molecule has 1 saturated heterocycles. The Morgan fingerprint density at radius 2 is 2.11 bits per heavy atom. The lowest BCUT2D eigenvalue weighted by Gasteiger charge is -2.33. The fourth-order valence-corrected chi connectivity index (χ4v) is 3.76. The second kappa shape index (κ2) is 7.43. The quantitative estimate of drug-likeness (QED) is 0.646. The van der Waals surface area contributed by atoms with Gasteiger partial charge in [-0.2, -0.15) is 0 Å². The van der Waals surface area contributed by atoms with Crippen molar-refractivity contribution in [1.29, 1.82) is 0 Å². The van der Waals surface area contributed by atoms with Gasteiger partial charge in [0, 0.05) is 6.61 Å². The summed E-state index contributed by atoms with van der Waals surface area (Å²) in [5.74, 6) is 0.202. The number of unbranched alkanes of at least 4 members (excludes halogenated alkanes) is 1. The summed E-state index contributed by atoms with van der Waals surface area (Å²) in [5, 5.41) is 3.19. The smallest absolute Gasteiger partial charge is 0.212 e. The molecule has 0 aromatic rings. The molecular formula is C12H26N2O3S. The van der Waals surface area contributed by atoms with Crippen molar-refractivity contribution in [3.8, 4) is 0 Å². The number of hydrogen-bond donors (Lipinski definition) is 2. The lowest BCUT2D eigenvalue weighted by molar-refractivity contribution is 0.0386. The summed E-state index contributed by atoms with van der Waals surface area (Å²) in [5.41, 5.74) is -0.418. The van der Waals surface area contributed by atoms with E-state index >= 15 is 0 Å². The van der Waals surface area contributed by atoms with Crippen LogP contribution in [0.2, 0.25) is 0 Å². The van der Waals surface area contributed by atoms with Gasteiger partial charge in [0.05, 0.1) is 17.9 Å². The topological polar surface area (TPSA) is 67.4 Å². The Balaban J connectivity index is 2.30. The molecule has 0 spiro atoms. The van der Waals surface area contributed by atoms with Crippen molar-refractivity contribution >= 4 is 10.0 Å². The van der Waals surface area contributed by atoms with Gasteiger partial charge in [-0.3, -0.25) is 0 Å². The number of ether oxygens (including phenoxy) is 1. The van der Waals surface area contributed by atoms with Crippen molar-refractivity contribution < 1.29 is 13.2 Å². The van der Waals surface area contributed by atoms with Crippen molar-refractivity contribution in [1.82, 2.24) is 10.0 Å². The lowest BCUT2D eigenvalue weighted by atomic mass is 9.97. The van der Waals surface area contributed by atoms with E-state index in [1.807, 2.05) is 13.8 Å². The van der Waals surface area contributed by atoms with Gasteiger partial charge in [-0.05, 0) is 45.7 Å². The van der Waals surface area contributed by atoms with Crippen molar-refractivity contribution in [2.75, 3.05) is 32.1 Å². The van der Waals surface area contributed by atoms with Crippen LogP contribution in [0.1, 0.15) is 39.5 Å². The predicted octanol–water partition coefficient (Wildman–Crippen LogP) is 0.865. The molecule has 1 rings (SSSR count). The first-order valence-corrected chi connectivity index (χ1v) is 8.43. The highest BCUT2D eigenvalue weighted by atomic mass is 32.2. The molecule has 0 aromatic carbocycles. The molecule has 0 saturated carbocycles. The molecular weight excluding hydrogens is 252 g/mol. The van der Waals surface area contributed by atoms with E-state index in [9.17, 15) is 8.42 Å². The number of nitrogens with one attached hydrogen (secondary N) is 2. The molecule has 0 bridgehead atoms. The van der Waals surface area contributed by atoms with Crippen LogP contribution < -0.4 is 10.0 Å². The van der Waals surface area contributed by atoms with Gasteiger partial charge in [-0.15, -0.1) is 0 Å². The van der Waals surface area contributed by atoms with Crippen molar-refractivity contribution in [2.24, 2.45) is 0 Å². The van der Waals surface area contributed by atoms with Gasteiger partial charge in [0.1, 0.15) is 0 Å². The highest BCUT2D eigenvalue weighted by Crippen LogP contribution is 2.19. The standard InChI is InChI=1S/C12H26N2O3S/c1-3-13-8-4-5-10-18(15,16)14-12(2)7-6-9-17-11-12/h13-14H,3-11H2,1-2H3. The summed E-state index contributed by atoms with van der Waals surface area (Å²) in [6.45, 7) is 6.99. The van der Waals surface area contributed by atoms with Crippen molar-refractivity contribution in [3.05, 3.63) is 0 Å². The Morgan fingerprint density at radius 3 is 2.72 bits per heavy atom. The van der Waals surface area contributed by atoms with Gasteiger partial charge >= 0.3 is 0 Å². The number of hydrogen-bond acceptors (Lipinski definition) is 4. The minimum Gasteiger partial charge on any atom is -0.380 e. The molecule has 0 radical (unpaired) electrons. The zero-order valence-corrected chi connectivity index (χ0v) is 12.3. The third kappa shape index (κ3) is 6.13. The maximum absolute atomic E-state index is 11.9. The molecule has 0 amide bonds. The highest BCUT2D eigenvalue weighted by Gasteiger charge is 2.31. The Kier molecular flexibility index (Phi) is 6.55. The van der Waals surface area contributed by atoms with Crippen LogP contribution in [0.4, 0.5) is 0 Å². The number of rotatable bonds is 8. The van der Waals surface area contributed by atoms with Gasteiger partial charge in [0.15, 0.2) is 0 Å². The zero-order chi connectivity index (χ0) is 13.5. The van der Waals surface area contributed by atoms with Crippen LogP contribution in [-0.2, 0) is 14.8 Å². The third-order valence-electron chi connectivity index (χ3n) is 3.11. The Hall–Kier alpha value is -0.170. The molecule has 1 atom stereocenters. The van der Waals surface area contributed by atoms with E-state index in [4.69, 9.17) is 4.74 Å². The molecule has 5 nitrogen and oxygen atoms in total. The first-order chi connectivity index (χ1) is 8.47. The maximum atomic E-state index is 11.9. The maximum Gasteiger partial charge on any atom is 0.212 e. The average molecular weight is 278 g/mol. The van der Waals surface area contributed by atoms with Gasteiger partial charge in [0.2, 0.25) is 10.0 Å². The predicted molar refractivity (Wildman–Crippen MR) is 73.2 cm³/mol. The molecule has 1 aliphatic rings. The Bertz CT molecular complexity index is 324. The van der Waals surface area contributed by atoms with Gasteiger partial charge in [-0.1, -0.05) is 6.92 Å². The monoisotopic (exact) mass is 278 g/mol. The number of sulfonamides is 1. The van der Waals surface area contributed by atoms with E-state index in [2.05, 4.69) is 10.0 Å². The van der Waals surface area contributed by atoms with E-state index in [0.717, 1.165) is 39.0 Å². The Labute approximate surface area is 111 Å². The molecule has 1 unspecified atom stereocenters. The zero-order valence-electron chi connectivity index (χ0n) is 11.5. The van der Waals surface area contributed by atoms with Crippen LogP contribution in [0.3, 0.4) is 0 Å². The van der Waals surface area contributed by atoms with Crippen LogP contribution in [0.15, 0.2) is 0 Å². The molecule has 18 heavy (non-hydrogen) atoms. The van der Waals surface area contributed by atoms with E-state index in [-0.39, 0.29) is 5.75 Å². The fourth-order valence-electron chi connectivity index (χ4n) is 2.16. The highest BCUT2D eigenvalue weighted by molar-refractivity contribution is 7.89. The van der Waals surface area contributed by atoms with Crippen LogP contribution in [0.25, 0.3) is 0 Å². The largest absolute Gasteiger partial charge is 0.380 e. The molecule has 0 aromatic heterocycles. The molecule has 0 aliphatic carbocycles. The average Bonchev–Trinajstić information content (AvgIpc) is 2.28. The molecule has 108 valence electrons. The summed E-state index contributed by atoms with van der Waals surface area (Å²) >= 11 is 0. The van der Waals surface area contributed by atoms with Crippen LogP contribution in [-0.4, -0.2) is 46.0 Å².